The van der Waals surface area contributed by atoms with E-state index in [0.29, 0.717) is 24.6 Å². The maximum Gasteiger partial charge on any atom is 0.407 e. The Morgan fingerprint density at radius 2 is 2.39 bits per heavy atom. The molecular weight excluding hydrogens is 236 g/mol. The Morgan fingerprint density at radius 3 is 3.00 bits per heavy atom. The van der Waals surface area contributed by atoms with Crippen molar-refractivity contribution in [2.75, 3.05) is 20.3 Å². The topological polar surface area (TPSA) is 82.8 Å². The minimum absolute atomic E-state index is 0.270. The third-order valence-corrected chi connectivity index (χ3v) is 2.66. The van der Waals surface area contributed by atoms with Crippen LogP contribution in [0.25, 0.3) is 0 Å². The second-order valence-electron chi connectivity index (χ2n) is 3.87. The third kappa shape index (κ3) is 2.65. The van der Waals surface area contributed by atoms with Gasteiger partial charge in [0.15, 0.2) is 17.6 Å². The summed E-state index contributed by atoms with van der Waals surface area (Å²) in [7, 11) is 1.57. The molecule has 1 amide bonds. The maximum absolute atomic E-state index is 10.9. The number of hydrogen-bond acceptors (Lipinski definition) is 5. The zero-order chi connectivity index (χ0) is 13.0. The number of methoxy groups -OCH3 is 1. The second-order valence-corrected chi connectivity index (χ2v) is 3.87. The molecule has 1 aliphatic heterocycles. The van der Waals surface area contributed by atoms with Crippen LogP contribution in [0.1, 0.15) is 5.56 Å². The lowest BCUT2D eigenvalue weighted by atomic mass is 10.2. The molecule has 0 aliphatic carbocycles. The standard InChI is InChI=1S/C12H16N2O4/c1-16-10-4-2-3-8(5-13)11(10)17-7-9-6-14-12(15)18-9/h2-4,9H,5-7,13H2,1H3,(H,14,15). The first-order valence-corrected chi connectivity index (χ1v) is 5.67. The van der Waals surface area contributed by atoms with E-state index in [2.05, 4.69) is 5.32 Å². The summed E-state index contributed by atoms with van der Waals surface area (Å²) in [5, 5.41) is 2.57. The van der Waals surface area contributed by atoms with Gasteiger partial charge in [0.25, 0.3) is 0 Å². The van der Waals surface area contributed by atoms with Gasteiger partial charge in [0.1, 0.15) is 6.61 Å². The normalized spacial score (nSPS) is 18.1. The van der Waals surface area contributed by atoms with Crippen LogP contribution in [0.3, 0.4) is 0 Å². The molecule has 1 heterocycles. The fraction of sp³-hybridized carbons (Fsp3) is 0.417. The first-order chi connectivity index (χ1) is 8.74. The Kier molecular flexibility index (Phi) is 3.88. The van der Waals surface area contributed by atoms with Gasteiger partial charge in [0.2, 0.25) is 0 Å². The Hall–Kier alpha value is -1.95. The van der Waals surface area contributed by atoms with Crippen LogP contribution in [0.2, 0.25) is 0 Å². The first-order valence-electron chi connectivity index (χ1n) is 5.67. The van der Waals surface area contributed by atoms with Gasteiger partial charge < -0.3 is 25.3 Å². The highest BCUT2D eigenvalue weighted by Gasteiger charge is 2.23. The molecular formula is C12H16N2O4. The molecule has 1 atom stereocenters. The number of benzene rings is 1. The molecule has 0 radical (unpaired) electrons. The van der Waals surface area contributed by atoms with Gasteiger partial charge in [-0.25, -0.2) is 4.79 Å². The summed E-state index contributed by atoms with van der Waals surface area (Å²) in [6.07, 6.45) is -0.698. The number of nitrogens with two attached hydrogens (primary N) is 1. The van der Waals surface area contributed by atoms with Crippen molar-refractivity contribution in [3.05, 3.63) is 23.8 Å². The molecule has 1 unspecified atom stereocenters. The van der Waals surface area contributed by atoms with Gasteiger partial charge >= 0.3 is 6.09 Å². The van der Waals surface area contributed by atoms with Crippen molar-refractivity contribution in [2.45, 2.75) is 12.6 Å². The van der Waals surface area contributed by atoms with Gasteiger partial charge in [0.05, 0.1) is 13.7 Å². The quantitative estimate of drug-likeness (QED) is 0.803. The SMILES string of the molecule is COc1cccc(CN)c1OCC1CNC(=O)O1. The van der Waals surface area contributed by atoms with E-state index in [1.807, 2.05) is 12.1 Å². The summed E-state index contributed by atoms with van der Waals surface area (Å²) >= 11 is 0. The summed E-state index contributed by atoms with van der Waals surface area (Å²) in [5.74, 6) is 1.22. The van der Waals surface area contributed by atoms with Crippen LogP contribution < -0.4 is 20.5 Å². The molecule has 0 spiro atoms. The molecule has 6 nitrogen and oxygen atoms in total. The van der Waals surface area contributed by atoms with Gasteiger partial charge in [0, 0.05) is 12.1 Å². The average molecular weight is 252 g/mol. The summed E-state index contributed by atoms with van der Waals surface area (Å²) in [6, 6.07) is 5.52. The minimum atomic E-state index is -0.414. The Bertz CT molecular complexity index is 414. The molecule has 1 aromatic carbocycles. The van der Waals surface area contributed by atoms with Gasteiger partial charge in [-0.05, 0) is 6.07 Å². The van der Waals surface area contributed by atoms with Gasteiger partial charge in [-0.1, -0.05) is 12.1 Å². The molecule has 18 heavy (non-hydrogen) atoms. The Labute approximate surface area is 105 Å². The second kappa shape index (κ2) is 5.59. The number of alkyl carbamates (subject to hydrolysis) is 1. The zero-order valence-electron chi connectivity index (χ0n) is 10.1. The van der Waals surface area contributed by atoms with Crippen molar-refractivity contribution in [3.63, 3.8) is 0 Å². The molecule has 0 saturated carbocycles. The zero-order valence-corrected chi connectivity index (χ0v) is 10.1. The molecule has 2 rings (SSSR count). The predicted octanol–water partition coefficient (Wildman–Crippen LogP) is 0.641. The lowest BCUT2D eigenvalue weighted by Crippen LogP contribution is -2.22. The van der Waals surface area contributed by atoms with Crippen LogP contribution in [0.5, 0.6) is 11.5 Å². The summed E-state index contributed by atoms with van der Waals surface area (Å²) in [6.45, 7) is 1.08. The highest BCUT2D eigenvalue weighted by molar-refractivity contribution is 5.69. The predicted molar refractivity (Wildman–Crippen MR) is 64.7 cm³/mol. The number of hydrogen-bond donors (Lipinski definition) is 2. The maximum atomic E-state index is 10.9. The molecule has 1 aliphatic rings. The third-order valence-electron chi connectivity index (χ3n) is 2.66. The van der Waals surface area contributed by atoms with Crippen molar-refractivity contribution < 1.29 is 19.0 Å². The number of carbonyl (C=O) groups is 1. The minimum Gasteiger partial charge on any atom is -0.493 e. The van der Waals surface area contributed by atoms with E-state index in [4.69, 9.17) is 19.9 Å². The molecule has 0 bridgehead atoms. The van der Waals surface area contributed by atoms with E-state index in [0.717, 1.165) is 5.56 Å². The first kappa shape index (κ1) is 12.5. The molecule has 3 N–H and O–H groups in total. The van der Waals surface area contributed by atoms with Crippen molar-refractivity contribution in [1.29, 1.82) is 0 Å². The van der Waals surface area contributed by atoms with Crippen molar-refractivity contribution in [3.8, 4) is 11.5 Å². The van der Waals surface area contributed by atoms with E-state index in [1.54, 1.807) is 13.2 Å². The van der Waals surface area contributed by atoms with Crippen LogP contribution in [0.4, 0.5) is 4.79 Å². The van der Waals surface area contributed by atoms with E-state index in [9.17, 15) is 4.79 Å². The molecule has 1 saturated heterocycles. The van der Waals surface area contributed by atoms with E-state index in [-0.39, 0.29) is 12.7 Å². The molecule has 98 valence electrons. The number of rotatable bonds is 5. The van der Waals surface area contributed by atoms with Crippen molar-refractivity contribution in [2.24, 2.45) is 5.73 Å². The van der Waals surface area contributed by atoms with E-state index >= 15 is 0 Å². The lowest BCUT2D eigenvalue weighted by Gasteiger charge is -2.15. The largest absolute Gasteiger partial charge is 0.493 e. The summed E-state index contributed by atoms with van der Waals surface area (Å²) < 4.78 is 15.9. The van der Waals surface area contributed by atoms with Crippen LogP contribution in [-0.4, -0.2) is 32.5 Å². The number of amides is 1. The van der Waals surface area contributed by atoms with E-state index < -0.39 is 6.09 Å². The number of cyclic esters (lactones) is 1. The fourth-order valence-electron chi connectivity index (χ4n) is 1.75. The smallest absolute Gasteiger partial charge is 0.407 e. The molecule has 1 aromatic rings. The Balaban J connectivity index is 2.05. The van der Waals surface area contributed by atoms with Crippen LogP contribution in [0.15, 0.2) is 18.2 Å². The van der Waals surface area contributed by atoms with Crippen LogP contribution in [-0.2, 0) is 11.3 Å². The Morgan fingerprint density at radius 1 is 1.56 bits per heavy atom. The van der Waals surface area contributed by atoms with Crippen molar-refractivity contribution in [1.82, 2.24) is 5.32 Å². The van der Waals surface area contributed by atoms with Gasteiger partial charge in [-0.15, -0.1) is 0 Å². The number of ether oxygens (including phenoxy) is 3. The van der Waals surface area contributed by atoms with Crippen LogP contribution in [0, 0.1) is 0 Å². The number of carbonyl (C=O) groups excluding carboxylic acids is 1. The monoisotopic (exact) mass is 252 g/mol. The number of nitrogens with one attached hydrogen (secondary N) is 1. The van der Waals surface area contributed by atoms with Crippen molar-refractivity contribution >= 4 is 6.09 Å². The lowest BCUT2D eigenvalue weighted by molar-refractivity contribution is 0.103. The molecule has 6 heteroatoms. The molecule has 1 fully saturated rings. The average Bonchev–Trinajstić information content (AvgIpc) is 2.81. The van der Waals surface area contributed by atoms with Gasteiger partial charge in [-0.3, -0.25) is 0 Å². The molecule has 0 aromatic heterocycles. The summed E-state index contributed by atoms with van der Waals surface area (Å²) in [5.41, 5.74) is 6.50. The van der Waals surface area contributed by atoms with Crippen LogP contribution >= 0.6 is 0 Å². The van der Waals surface area contributed by atoms with Gasteiger partial charge in [-0.2, -0.15) is 0 Å². The summed E-state index contributed by atoms with van der Waals surface area (Å²) in [4.78, 5) is 10.9. The fourth-order valence-corrected chi connectivity index (χ4v) is 1.75. The van der Waals surface area contributed by atoms with E-state index in [1.165, 1.54) is 0 Å². The highest BCUT2D eigenvalue weighted by Crippen LogP contribution is 2.31. The number of para-hydroxylation sites is 1. The highest BCUT2D eigenvalue weighted by atomic mass is 16.6.